The zero-order chi connectivity index (χ0) is 18.4. The molecule has 1 aliphatic heterocycles. The molecule has 1 atom stereocenters. The third-order valence-corrected chi connectivity index (χ3v) is 4.54. The molecule has 1 fully saturated rings. The molecule has 0 bridgehead atoms. The highest BCUT2D eigenvalue weighted by Crippen LogP contribution is 2.22. The van der Waals surface area contributed by atoms with E-state index in [4.69, 9.17) is 4.74 Å². The van der Waals surface area contributed by atoms with Gasteiger partial charge in [-0.1, -0.05) is 29.8 Å². The largest absolute Gasteiger partial charge is 0.375 e. The molecule has 2 rings (SSSR count). The third kappa shape index (κ3) is 5.03. The highest BCUT2D eigenvalue weighted by atomic mass is 16.5. The lowest BCUT2D eigenvalue weighted by Crippen LogP contribution is -2.43. The van der Waals surface area contributed by atoms with Crippen molar-refractivity contribution in [3.8, 4) is 0 Å². The number of benzene rings is 1. The molecule has 1 aliphatic rings. The number of methoxy groups -OCH3 is 1. The Labute approximate surface area is 150 Å². The average Bonchev–Trinajstić information content (AvgIpc) is 2.81. The highest BCUT2D eigenvalue weighted by molar-refractivity contribution is 5.83. The van der Waals surface area contributed by atoms with Gasteiger partial charge < -0.3 is 14.5 Å². The van der Waals surface area contributed by atoms with Gasteiger partial charge in [-0.3, -0.25) is 14.5 Å². The van der Waals surface area contributed by atoms with Crippen molar-refractivity contribution >= 4 is 11.8 Å². The van der Waals surface area contributed by atoms with Gasteiger partial charge in [-0.2, -0.15) is 0 Å². The van der Waals surface area contributed by atoms with Crippen molar-refractivity contribution in [3.05, 3.63) is 35.4 Å². The van der Waals surface area contributed by atoms with Crippen LogP contribution in [0.4, 0.5) is 0 Å². The van der Waals surface area contributed by atoms with Crippen LogP contribution in [-0.2, 0) is 14.3 Å². The number of nitrogens with zero attached hydrogens (tertiary/aromatic N) is 3. The molecule has 2 amide bonds. The molecule has 0 saturated carbocycles. The second-order valence-electron chi connectivity index (χ2n) is 6.77. The van der Waals surface area contributed by atoms with Gasteiger partial charge in [0, 0.05) is 33.3 Å². The summed E-state index contributed by atoms with van der Waals surface area (Å²) in [7, 11) is 5.38. The monoisotopic (exact) mass is 347 g/mol. The van der Waals surface area contributed by atoms with Gasteiger partial charge in [0.05, 0.1) is 0 Å². The minimum Gasteiger partial charge on any atom is -0.375 e. The summed E-state index contributed by atoms with van der Waals surface area (Å²) >= 11 is 0. The lowest BCUT2D eigenvalue weighted by Gasteiger charge is -2.30. The first-order valence-electron chi connectivity index (χ1n) is 8.72. The smallest absolute Gasteiger partial charge is 0.248 e. The fourth-order valence-electron chi connectivity index (χ4n) is 3.28. The van der Waals surface area contributed by atoms with Crippen molar-refractivity contribution in [2.24, 2.45) is 0 Å². The van der Waals surface area contributed by atoms with Crippen molar-refractivity contribution < 1.29 is 14.3 Å². The van der Waals surface area contributed by atoms with Crippen LogP contribution in [0.5, 0.6) is 0 Å². The minimum atomic E-state index is -0.305. The molecule has 1 saturated heterocycles. The summed E-state index contributed by atoms with van der Waals surface area (Å²) in [4.78, 5) is 30.8. The lowest BCUT2D eigenvalue weighted by molar-refractivity contribution is -0.138. The van der Waals surface area contributed by atoms with E-state index in [9.17, 15) is 9.59 Å². The number of carbonyl (C=O) groups is 2. The van der Waals surface area contributed by atoms with Gasteiger partial charge in [-0.05, 0) is 33.0 Å². The van der Waals surface area contributed by atoms with Gasteiger partial charge in [0.25, 0.3) is 0 Å². The molecule has 0 spiro atoms. The van der Waals surface area contributed by atoms with Gasteiger partial charge in [0.1, 0.15) is 12.6 Å². The molecular weight excluding hydrogens is 318 g/mol. The summed E-state index contributed by atoms with van der Waals surface area (Å²) in [5, 5.41) is 0. The average molecular weight is 347 g/mol. The first-order valence-corrected chi connectivity index (χ1v) is 8.72. The van der Waals surface area contributed by atoms with Crippen molar-refractivity contribution in [2.45, 2.75) is 19.4 Å². The van der Waals surface area contributed by atoms with E-state index in [2.05, 4.69) is 6.07 Å². The molecule has 25 heavy (non-hydrogen) atoms. The molecule has 0 N–H and O–H groups in total. The molecule has 138 valence electrons. The van der Waals surface area contributed by atoms with Crippen LogP contribution in [0.1, 0.15) is 23.6 Å². The number of amides is 2. The normalized spacial score (nSPS) is 16.7. The maximum atomic E-state index is 13.2. The Morgan fingerprint density at radius 1 is 1.16 bits per heavy atom. The van der Waals surface area contributed by atoms with Crippen LogP contribution < -0.4 is 0 Å². The topological polar surface area (TPSA) is 53.1 Å². The summed E-state index contributed by atoms with van der Waals surface area (Å²) < 4.78 is 4.93. The van der Waals surface area contributed by atoms with E-state index in [1.807, 2.05) is 49.0 Å². The van der Waals surface area contributed by atoms with Gasteiger partial charge in [0.15, 0.2) is 0 Å². The number of rotatable bonds is 5. The molecule has 0 aliphatic carbocycles. The Morgan fingerprint density at radius 2 is 1.84 bits per heavy atom. The fourth-order valence-corrected chi connectivity index (χ4v) is 3.28. The first kappa shape index (κ1) is 19.4. The first-order chi connectivity index (χ1) is 11.9. The summed E-state index contributed by atoms with van der Waals surface area (Å²) in [6, 6.07) is 7.78. The molecule has 6 heteroatoms. The maximum absolute atomic E-state index is 13.2. The quantitative estimate of drug-likeness (QED) is 0.806. The van der Waals surface area contributed by atoms with Crippen molar-refractivity contribution in [2.75, 3.05) is 54.0 Å². The van der Waals surface area contributed by atoms with E-state index in [-0.39, 0.29) is 24.5 Å². The molecule has 6 nitrogen and oxygen atoms in total. The van der Waals surface area contributed by atoms with E-state index < -0.39 is 0 Å². The number of aryl methyl sites for hydroxylation is 1. The van der Waals surface area contributed by atoms with Gasteiger partial charge in [-0.15, -0.1) is 0 Å². The highest BCUT2D eigenvalue weighted by Gasteiger charge is 2.29. The zero-order valence-electron chi connectivity index (χ0n) is 15.7. The summed E-state index contributed by atoms with van der Waals surface area (Å²) in [6.07, 6.45) is 0.787. The molecule has 0 aromatic heterocycles. The number of likely N-dealkylation sites (N-methyl/N-ethyl adjacent to an activating group) is 1. The molecular formula is C19H29N3O3. The second-order valence-corrected chi connectivity index (χ2v) is 6.77. The van der Waals surface area contributed by atoms with E-state index >= 15 is 0 Å². The minimum absolute atomic E-state index is 0.0142. The molecule has 0 radical (unpaired) electrons. The van der Waals surface area contributed by atoms with Crippen LogP contribution in [0, 0.1) is 6.92 Å². The van der Waals surface area contributed by atoms with Gasteiger partial charge in [0.2, 0.25) is 11.8 Å². The zero-order valence-corrected chi connectivity index (χ0v) is 15.7. The predicted molar refractivity (Wildman–Crippen MR) is 97.3 cm³/mol. The van der Waals surface area contributed by atoms with Crippen LogP contribution >= 0.6 is 0 Å². The fraction of sp³-hybridized carbons (Fsp3) is 0.579. The van der Waals surface area contributed by atoms with Crippen LogP contribution in [-0.4, -0.2) is 80.5 Å². The molecule has 1 unspecified atom stereocenters. The number of ether oxygens (including phenoxy) is 1. The van der Waals surface area contributed by atoms with E-state index in [1.54, 1.807) is 4.90 Å². The SMILES string of the molecule is COCC(=O)N1CCCN(C(=O)C(c2cccc(C)c2)N(C)C)CC1. The summed E-state index contributed by atoms with van der Waals surface area (Å²) in [5.74, 6) is 0.0799. The molecule has 1 aromatic carbocycles. The van der Waals surface area contributed by atoms with Crippen LogP contribution in [0.25, 0.3) is 0 Å². The Kier molecular flexibility index (Phi) is 6.96. The Hall–Kier alpha value is -1.92. The van der Waals surface area contributed by atoms with Crippen molar-refractivity contribution in [1.82, 2.24) is 14.7 Å². The van der Waals surface area contributed by atoms with Crippen LogP contribution in [0.2, 0.25) is 0 Å². The Morgan fingerprint density at radius 3 is 2.48 bits per heavy atom. The Bertz CT molecular complexity index is 603. The summed E-state index contributed by atoms with van der Waals surface area (Å²) in [5.41, 5.74) is 2.15. The number of hydrogen-bond acceptors (Lipinski definition) is 4. The maximum Gasteiger partial charge on any atom is 0.248 e. The number of carbonyl (C=O) groups excluding carboxylic acids is 2. The standard InChI is InChI=1S/C19H29N3O3/c1-15-7-5-8-16(13-15)18(20(2)3)19(24)22-10-6-9-21(11-12-22)17(23)14-25-4/h5,7-8,13,18H,6,9-12,14H2,1-4H3. The van der Waals surface area contributed by atoms with E-state index in [1.165, 1.54) is 7.11 Å². The van der Waals surface area contributed by atoms with Crippen LogP contribution in [0.3, 0.4) is 0 Å². The molecule has 1 heterocycles. The Balaban J connectivity index is 2.10. The van der Waals surface area contributed by atoms with E-state index in [0.717, 1.165) is 17.5 Å². The molecule has 1 aromatic rings. The van der Waals surface area contributed by atoms with Gasteiger partial charge >= 0.3 is 0 Å². The van der Waals surface area contributed by atoms with Crippen molar-refractivity contribution in [3.63, 3.8) is 0 Å². The van der Waals surface area contributed by atoms with Crippen LogP contribution in [0.15, 0.2) is 24.3 Å². The van der Waals surface area contributed by atoms with Gasteiger partial charge in [-0.25, -0.2) is 0 Å². The second kappa shape index (κ2) is 8.97. The lowest BCUT2D eigenvalue weighted by atomic mass is 10.0. The predicted octanol–water partition coefficient (Wildman–Crippen LogP) is 1.31. The van der Waals surface area contributed by atoms with E-state index in [0.29, 0.717) is 26.2 Å². The third-order valence-electron chi connectivity index (χ3n) is 4.54. The number of hydrogen-bond donors (Lipinski definition) is 0. The summed E-state index contributed by atoms with van der Waals surface area (Å²) in [6.45, 7) is 4.59. The van der Waals surface area contributed by atoms with Crippen molar-refractivity contribution in [1.29, 1.82) is 0 Å².